The molecule has 0 bridgehead atoms. The van der Waals surface area contributed by atoms with Crippen molar-refractivity contribution >= 4 is 49.1 Å². The molecule has 0 spiro atoms. The third-order valence-electron chi connectivity index (χ3n) is 2.46. The van der Waals surface area contributed by atoms with E-state index in [1.54, 1.807) is 6.92 Å². The molecule has 0 aliphatic heterocycles. The van der Waals surface area contributed by atoms with Crippen LogP contribution in [0.25, 0.3) is 0 Å². The Bertz CT molecular complexity index is 655. The Labute approximate surface area is 135 Å². The van der Waals surface area contributed by atoms with Gasteiger partial charge in [-0.25, -0.2) is 17.5 Å². The average molecular weight is 403 g/mol. The van der Waals surface area contributed by atoms with Gasteiger partial charge in [0.15, 0.2) is 5.82 Å². The van der Waals surface area contributed by atoms with Gasteiger partial charge < -0.3 is 11.1 Å². The van der Waals surface area contributed by atoms with E-state index in [2.05, 4.69) is 26.0 Å². The quantitative estimate of drug-likeness (QED) is 0.497. The molecule has 6 nitrogen and oxygen atoms in total. The summed E-state index contributed by atoms with van der Waals surface area (Å²) in [4.78, 5) is 10.6. The Morgan fingerprint density at radius 3 is 2.71 bits per heavy atom. The van der Waals surface area contributed by atoms with Crippen molar-refractivity contribution in [1.82, 2.24) is 10.0 Å². The largest absolute Gasteiger partial charge is 0.395 e. The lowest BCUT2D eigenvalue weighted by Crippen LogP contribution is -2.31. The smallest absolute Gasteiger partial charge is 0.243 e. The van der Waals surface area contributed by atoms with Gasteiger partial charge in [0.25, 0.3) is 0 Å². The van der Waals surface area contributed by atoms with Gasteiger partial charge in [0, 0.05) is 19.5 Å². The zero-order chi connectivity index (χ0) is 16.2. The van der Waals surface area contributed by atoms with E-state index in [9.17, 15) is 17.6 Å². The molecule has 1 rings (SSSR count). The third kappa shape index (κ3) is 4.53. The molecule has 4 N–H and O–H groups in total. The highest BCUT2D eigenvalue weighted by molar-refractivity contribution is 9.10. The van der Waals surface area contributed by atoms with Crippen LogP contribution in [0.15, 0.2) is 15.4 Å². The number of nitrogen functional groups attached to an aromatic ring is 1. The van der Waals surface area contributed by atoms with Gasteiger partial charge in [0.1, 0.15) is 4.90 Å². The molecule has 0 aliphatic carbocycles. The number of anilines is 1. The molecule has 0 heterocycles. The number of hydrogen-bond acceptors (Lipinski definition) is 4. The second-order valence-corrected chi connectivity index (χ2v) is 6.94. The fraction of sp³-hybridized carbons (Fsp3) is 0.364. The maximum absolute atomic E-state index is 13.9. The number of benzene rings is 1. The molecule has 0 saturated carbocycles. The molecule has 0 aliphatic rings. The Hall–Kier alpha value is -0.900. The van der Waals surface area contributed by atoms with Crippen molar-refractivity contribution in [2.24, 2.45) is 0 Å². The van der Waals surface area contributed by atoms with Crippen LogP contribution < -0.4 is 15.8 Å². The summed E-state index contributed by atoms with van der Waals surface area (Å²) in [5, 5.41) is 2.48. The van der Waals surface area contributed by atoms with E-state index in [0.29, 0.717) is 6.54 Å². The van der Waals surface area contributed by atoms with Gasteiger partial charge in [0.2, 0.25) is 15.9 Å². The Morgan fingerprint density at radius 2 is 2.14 bits per heavy atom. The second-order valence-electron chi connectivity index (χ2n) is 4.00. The van der Waals surface area contributed by atoms with Gasteiger partial charge in [-0.1, -0.05) is 11.6 Å². The minimum atomic E-state index is -4.15. The summed E-state index contributed by atoms with van der Waals surface area (Å²) in [5.74, 6) is -1.41. The van der Waals surface area contributed by atoms with Crippen LogP contribution in [0, 0.1) is 5.82 Å². The fourth-order valence-corrected chi connectivity index (χ4v) is 3.17. The maximum Gasteiger partial charge on any atom is 0.243 e. The number of carbonyl (C=O) groups excluding carboxylic acids is 1. The number of halogens is 3. The monoisotopic (exact) mass is 401 g/mol. The molecule has 0 fully saturated rings. The summed E-state index contributed by atoms with van der Waals surface area (Å²) < 4.78 is 40.1. The van der Waals surface area contributed by atoms with Gasteiger partial charge in [-0.2, -0.15) is 0 Å². The molecule has 21 heavy (non-hydrogen) atoms. The molecule has 0 radical (unpaired) electrons. The summed E-state index contributed by atoms with van der Waals surface area (Å²) in [5.41, 5.74) is 5.04. The molecule has 118 valence electrons. The van der Waals surface area contributed by atoms with Gasteiger partial charge in [-0.3, -0.25) is 4.79 Å². The third-order valence-corrected chi connectivity index (χ3v) is 5.31. The number of carbonyl (C=O) groups is 1. The van der Waals surface area contributed by atoms with Gasteiger partial charge >= 0.3 is 0 Å². The van der Waals surface area contributed by atoms with E-state index >= 15 is 0 Å². The second kappa shape index (κ2) is 7.39. The molecular weight excluding hydrogens is 389 g/mol. The van der Waals surface area contributed by atoms with Gasteiger partial charge in [-0.15, -0.1) is 0 Å². The maximum atomic E-state index is 13.9. The predicted molar refractivity (Wildman–Crippen MR) is 82.0 cm³/mol. The average Bonchev–Trinajstić information content (AvgIpc) is 2.40. The minimum Gasteiger partial charge on any atom is -0.395 e. The topological polar surface area (TPSA) is 101 Å². The first kappa shape index (κ1) is 18.1. The molecule has 1 aromatic carbocycles. The SMILES string of the molecule is CCNC(=O)CCNS(=O)(=O)c1cc(Cl)c(Br)c(N)c1F. The van der Waals surface area contributed by atoms with Crippen LogP contribution in [0.3, 0.4) is 0 Å². The molecular formula is C11H14BrClFN3O3S. The Balaban J connectivity index is 2.92. The molecule has 0 atom stereocenters. The van der Waals surface area contributed by atoms with Crippen molar-refractivity contribution in [2.45, 2.75) is 18.2 Å². The fourth-order valence-electron chi connectivity index (χ4n) is 1.46. The lowest BCUT2D eigenvalue weighted by molar-refractivity contribution is -0.120. The lowest BCUT2D eigenvalue weighted by Gasteiger charge is -2.11. The van der Waals surface area contributed by atoms with Crippen LogP contribution >= 0.6 is 27.5 Å². The van der Waals surface area contributed by atoms with Crippen molar-refractivity contribution in [3.63, 3.8) is 0 Å². The highest BCUT2D eigenvalue weighted by atomic mass is 79.9. The first-order chi connectivity index (χ1) is 9.70. The lowest BCUT2D eigenvalue weighted by atomic mass is 10.3. The van der Waals surface area contributed by atoms with Crippen LogP contribution in [0.4, 0.5) is 10.1 Å². The Morgan fingerprint density at radius 1 is 1.52 bits per heavy atom. The van der Waals surface area contributed by atoms with Crippen LogP contribution in [0.2, 0.25) is 5.02 Å². The summed E-state index contributed by atoms with van der Waals surface area (Å²) in [7, 11) is -4.15. The highest BCUT2D eigenvalue weighted by Crippen LogP contribution is 2.34. The van der Waals surface area contributed by atoms with Crippen LogP contribution in [-0.4, -0.2) is 27.4 Å². The number of hydrogen-bond donors (Lipinski definition) is 3. The first-order valence-corrected chi connectivity index (χ1v) is 8.55. The number of nitrogens with one attached hydrogen (secondary N) is 2. The van der Waals surface area contributed by atoms with Crippen LogP contribution in [0.1, 0.15) is 13.3 Å². The summed E-state index contributed by atoms with van der Waals surface area (Å²) >= 11 is 8.73. The van der Waals surface area contributed by atoms with Crippen LogP contribution in [0.5, 0.6) is 0 Å². The van der Waals surface area contributed by atoms with Crippen LogP contribution in [-0.2, 0) is 14.8 Å². The van der Waals surface area contributed by atoms with Crippen molar-refractivity contribution in [2.75, 3.05) is 18.8 Å². The van der Waals surface area contributed by atoms with E-state index in [0.717, 1.165) is 6.07 Å². The highest BCUT2D eigenvalue weighted by Gasteiger charge is 2.24. The number of sulfonamides is 1. The predicted octanol–water partition coefficient (Wildman–Crippen LogP) is 1.63. The number of rotatable bonds is 6. The van der Waals surface area contributed by atoms with Gasteiger partial charge in [0.05, 0.1) is 15.2 Å². The van der Waals surface area contributed by atoms with Crippen molar-refractivity contribution in [1.29, 1.82) is 0 Å². The van der Waals surface area contributed by atoms with E-state index in [1.807, 2.05) is 0 Å². The van der Waals surface area contributed by atoms with Gasteiger partial charge in [-0.05, 0) is 28.9 Å². The molecule has 0 unspecified atom stereocenters. The van der Waals surface area contributed by atoms with Crippen molar-refractivity contribution in [3.8, 4) is 0 Å². The Kier molecular flexibility index (Phi) is 6.39. The molecule has 1 aromatic rings. The number of nitrogens with two attached hydrogens (primary N) is 1. The molecule has 1 amide bonds. The summed E-state index contributed by atoms with van der Waals surface area (Å²) in [6, 6.07) is 0.950. The van der Waals surface area contributed by atoms with E-state index < -0.39 is 26.4 Å². The summed E-state index contributed by atoms with van der Waals surface area (Å²) in [6.45, 7) is 2.02. The zero-order valence-corrected chi connectivity index (χ0v) is 14.2. The van der Waals surface area contributed by atoms with Crippen molar-refractivity contribution in [3.05, 3.63) is 21.4 Å². The number of amides is 1. The summed E-state index contributed by atoms with van der Waals surface area (Å²) in [6.07, 6.45) is -0.0611. The normalized spacial score (nSPS) is 11.4. The molecule has 0 saturated heterocycles. The minimum absolute atomic E-state index is 0.0296. The molecule has 10 heteroatoms. The van der Waals surface area contributed by atoms with E-state index in [1.165, 1.54) is 0 Å². The van der Waals surface area contributed by atoms with E-state index in [4.69, 9.17) is 17.3 Å². The molecule has 0 aromatic heterocycles. The standard InChI is InChI=1S/C11H14BrClFN3O3S/c1-2-16-8(18)3-4-17-21(19,20)7-5-6(13)9(12)11(15)10(7)14/h5,17H,2-4,15H2,1H3,(H,16,18). The zero-order valence-electron chi connectivity index (χ0n) is 11.0. The van der Waals surface area contributed by atoms with E-state index in [-0.39, 0.29) is 28.4 Å². The first-order valence-electron chi connectivity index (χ1n) is 5.90. The van der Waals surface area contributed by atoms with Crippen molar-refractivity contribution < 1.29 is 17.6 Å².